The van der Waals surface area contributed by atoms with Crippen molar-refractivity contribution in [2.75, 3.05) is 18.9 Å². The van der Waals surface area contributed by atoms with E-state index in [1.165, 1.54) is 9.78 Å². The summed E-state index contributed by atoms with van der Waals surface area (Å²) in [5, 5.41) is 4.98. The summed E-state index contributed by atoms with van der Waals surface area (Å²) in [6.07, 6.45) is 0. The largest absolute Gasteiger partial charge is 0.325 e. The zero-order valence-electron chi connectivity index (χ0n) is 10.7. The number of hydrogen-bond donors (Lipinski definition) is 2. The summed E-state index contributed by atoms with van der Waals surface area (Å²) in [5.41, 5.74) is 0.816. The highest BCUT2D eigenvalue weighted by Gasteiger charge is 2.12. The first-order valence-electron chi connectivity index (χ1n) is 6.03. The van der Waals surface area contributed by atoms with Gasteiger partial charge in [0.15, 0.2) is 6.54 Å². The fourth-order valence-corrected chi connectivity index (χ4v) is 3.01. The molecule has 1 aromatic carbocycles. The molecule has 3 nitrogen and oxygen atoms in total. The number of likely N-dealkylation sites (N-methyl/N-ethyl adjacent to an activating group) is 1. The molecule has 0 aliphatic carbocycles. The van der Waals surface area contributed by atoms with E-state index in [-0.39, 0.29) is 5.91 Å². The van der Waals surface area contributed by atoms with E-state index in [0.717, 1.165) is 16.7 Å². The molecule has 2 N–H and O–H groups in total. The smallest absolute Gasteiger partial charge is 0.279 e. The third-order valence-electron chi connectivity index (χ3n) is 2.67. The lowest BCUT2D eigenvalue weighted by molar-refractivity contribution is -0.884. The van der Waals surface area contributed by atoms with Gasteiger partial charge in [0.1, 0.15) is 6.54 Å². The molecule has 2 aromatic rings. The van der Waals surface area contributed by atoms with E-state index in [1.54, 1.807) is 11.3 Å². The number of carbonyl (C=O) groups excluding carboxylic acids is 1. The monoisotopic (exact) mass is 339 g/mol. The predicted molar refractivity (Wildman–Crippen MR) is 82.5 cm³/mol. The van der Waals surface area contributed by atoms with Gasteiger partial charge in [-0.25, -0.2) is 0 Å². The van der Waals surface area contributed by atoms with Crippen LogP contribution in [0.2, 0.25) is 0 Å². The minimum Gasteiger partial charge on any atom is -0.325 e. The van der Waals surface area contributed by atoms with Crippen molar-refractivity contribution in [3.63, 3.8) is 0 Å². The second-order valence-electron chi connectivity index (χ2n) is 4.42. The lowest BCUT2D eigenvalue weighted by Gasteiger charge is -2.13. The highest BCUT2D eigenvalue weighted by molar-refractivity contribution is 9.10. The number of halogens is 1. The SMILES string of the molecule is C[NH+](CC(=O)Nc1ccccc1Br)Cc1cccs1. The molecule has 1 amide bonds. The maximum absolute atomic E-state index is 12.0. The number of hydrogen-bond acceptors (Lipinski definition) is 2. The van der Waals surface area contributed by atoms with Gasteiger partial charge in [0, 0.05) is 4.47 Å². The first kappa shape index (κ1) is 14.2. The molecule has 1 aromatic heterocycles. The van der Waals surface area contributed by atoms with E-state index >= 15 is 0 Å². The van der Waals surface area contributed by atoms with Crippen LogP contribution < -0.4 is 10.2 Å². The quantitative estimate of drug-likeness (QED) is 0.859. The van der Waals surface area contributed by atoms with Crippen LogP contribution in [0.4, 0.5) is 5.69 Å². The zero-order chi connectivity index (χ0) is 13.7. The highest BCUT2D eigenvalue weighted by atomic mass is 79.9. The molecule has 0 aliphatic rings. The number of carbonyl (C=O) groups is 1. The van der Waals surface area contributed by atoms with Gasteiger partial charge < -0.3 is 10.2 Å². The molecular formula is C14H16BrN2OS+. The van der Waals surface area contributed by atoms with Gasteiger partial charge in [0.25, 0.3) is 5.91 Å². The van der Waals surface area contributed by atoms with Crippen molar-refractivity contribution < 1.29 is 9.69 Å². The second-order valence-corrected chi connectivity index (χ2v) is 6.30. The molecule has 5 heteroatoms. The average Bonchev–Trinajstić information content (AvgIpc) is 2.84. The Kier molecular flexibility index (Phi) is 5.13. The first-order valence-corrected chi connectivity index (χ1v) is 7.70. The molecule has 0 radical (unpaired) electrons. The van der Waals surface area contributed by atoms with Crippen LogP contribution in [0.15, 0.2) is 46.3 Å². The van der Waals surface area contributed by atoms with Crippen LogP contribution in [0.3, 0.4) is 0 Å². The lowest BCUT2D eigenvalue weighted by atomic mass is 10.3. The molecule has 0 saturated heterocycles. The van der Waals surface area contributed by atoms with E-state index in [0.29, 0.717) is 6.54 Å². The Morgan fingerprint density at radius 3 is 2.79 bits per heavy atom. The summed E-state index contributed by atoms with van der Waals surface area (Å²) in [6, 6.07) is 11.8. The van der Waals surface area contributed by atoms with Crippen molar-refractivity contribution >= 4 is 38.9 Å². The average molecular weight is 340 g/mol. The maximum atomic E-state index is 12.0. The number of rotatable bonds is 5. The van der Waals surface area contributed by atoms with Gasteiger partial charge in [0.2, 0.25) is 0 Å². The summed E-state index contributed by atoms with van der Waals surface area (Å²) in [4.78, 5) is 14.4. The summed E-state index contributed by atoms with van der Waals surface area (Å²) in [5.74, 6) is 0.0287. The van der Waals surface area contributed by atoms with Gasteiger partial charge in [-0.1, -0.05) is 18.2 Å². The van der Waals surface area contributed by atoms with Crippen molar-refractivity contribution in [3.8, 4) is 0 Å². The van der Waals surface area contributed by atoms with Gasteiger partial charge in [0.05, 0.1) is 17.6 Å². The van der Waals surface area contributed by atoms with Crippen LogP contribution >= 0.6 is 27.3 Å². The molecule has 0 fully saturated rings. The minimum absolute atomic E-state index is 0.0287. The number of anilines is 1. The molecule has 0 spiro atoms. The standard InChI is InChI=1S/C14H15BrN2OS/c1-17(9-11-5-4-8-19-11)10-14(18)16-13-7-3-2-6-12(13)15/h2-8H,9-10H2,1H3,(H,16,18)/p+1. The van der Waals surface area contributed by atoms with Crippen LogP contribution in [0.5, 0.6) is 0 Å². The molecule has 1 heterocycles. The Bertz CT molecular complexity index is 542. The summed E-state index contributed by atoms with van der Waals surface area (Å²) < 4.78 is 0.902. The van der Waals surface area contributed by atoms with Gasteiger partial charge in [-0.2, -0.15) is 0 Å². The fraction of sp³-hybridized carbons (Fsp3) is 0.214. The van der Waals surface area contributed by atoms with Gasteiger partial charge in [-0.3, -0.25) is 4.79 Å². The zero-order valence-corrected chi connectivity index (χ0v) is 13.1. The summed E-state index contributed by atoms with van der Waals surface area (Å²) >= 11 is 5.14. The number of nitrogens with one attached hydrogen (secondary N) is 2. The number of para-hydroxylation sites is 1. The third-order valence-corrected chi connectivity index (χ3v) is 4.23. The second kappa shape index (κ2) is 6.84. The van der Waals surface area contributed by atoms with Crippen molar-refractivity contribution in [2.24, 2.45) is 0 Å². The van der Waals surface area contributed by atoms with Crippen molar-refractivity contribution in [3.05, 3.63) is 51.1 Å². The molecule has 1 unspecified atom stereocenters. The van der Waals surface area contributed by atoms with E-state index in [4.69, 9.17) is 0 Å². The lowest BCUT2D eigenvalue weighted by Crippen LogP contribution is -3.08. The Morgan fingerprint density at radius 1 is 1.32 bits per heavy atom. The first-order chi connectivity index (χ1) is 9.15. The minimum atomic E-state index is 0.0287. The van der Waals surface area contributed by atoms with E-state index < -0.39 is 0 Å². The maximum Gasteiger partial charge on any atom is 0.279 e. The van der Waals surface area contributed by atoms with Crippen LogP contribution in [-0.4, -0.2) is 19.5 Å². The van der Waals surface area contributed by atoms with E-state index in [1.807, 2.05) is 37.4 Å². The number of benzene rings is 1. The molecule has 1 atom stereocenters. The Labute approximate surface area is 125 Å². The molecule has 0 aliphatic heterocycles. The molecule has 100 valence electrons. The predicted octanol–water partition coefficient (Wildman–Crippen LogP) is 2.16. The third kappa shape index (κ3) is 4.45. The Balaban J connectivity index is 1.86. The molecule has 0 saturated carbocycles. The van der Waals surface area contributed by atoms with Crippen molar-refractivity contribution in [2.45, 2.75) is 6.54 Å². The van der Waals surface area contributed by atoms with Gasteiger partial charge in [-0.05, 0) is 39.5 Å². The summed E-state index contributed by atoms with van der Waals surface area (Å²) in [6.45, 7) is 1.33. The van der Waals surface area contributed by atoms with Crippen LogP contribution in [0.1, 0.15) is 4.88 Å². The van der Waals surface area contributed by atoms with Crippen LogP contribution in [-0.2, 0) is 11.3 Å². The fourth-order valence-electron chi connectivity index (χ4n) is 1.80. The number of amides is 1. The normalized spacial score (nSPS) is 12.1. The van der Waals surface area contributed by atoms with E-state index in [9.17, 15) is 4.79 Å². The van der Waals surface area contributed by atoms with Crippen LogP contribution in [0, 0.1) is 0 Å². The highest BCUT2D eigenvalue weighted by Crippen LogP contribution is 2.20. The van der Waals surface area contributed by atoms with Crippen molar-refractivity contribution in [1.82, 2.24) is 0 Å². The molecule has 2 rings (SSSR count). The number of quaternary nitrogens is 1. The number of thiophene rings is 1. The summed E-state index contributed by atoms with van der Waals surface area (Å²) in [7, 11) is 2.03. The van der Waals surface area contributed by atoms with Gasteiger partial charge >= 0.3 is 0 Å². The van der Waals surface area contributed by atoms with E-state index in [2.05, 4.69) is 32.7 Å². The van der Waals surface area contributed by atoms with Crippen molar-refractivity contribution in [1.29, 1.82) is 0 Å². The molecular weight excluding hydrogens is 324 g/mol. The Morgan fingerprint density at radius 2 is 2.11 bits per heavy atom. The Hall–Kier alpha value is -1.17. The molecule has 19 heavy (non-hydrogen) atoms. The topological polar surface area (TPSA) is 33.5 Å². The van der Waals surface area contributed by atoms with Crippen LogP contribution in [0.25, 0.3) is 0 Å². The molecule has 0 bridgehead atoms. The van der Waals surface area contributed by atoms with Gasteiger partial charge in [-0.15, -0.1) is 11.3 Å².